The summed E-state index contributed by atoms with van der Waals surface area (Å²) in [6.07, 6.45) is 0.999. The maximum Gasteiger partial charge on any atom is 0.206 e. The molecule has 0 bridgehead atoms. The van der Waals surface area contributed by atoms with Gasteiger partial charge in [-0.25, -0.2) is 13.2 Å². The molecule has 1 aromatic carbocycles. The normalized spacial score (nSPS) is 14.1. The summed E-state index contributed by atoms with van der Waals surface area (Å²) in [5.74, 6) is -11.6. The molecule has 0 saturated carbocycles. The van der Waals surface area contributed by atoms with Crippen molar-refractivity contribution in [2.24, 2.45) is 5.73 Å². The summed E-state index contributed by atoms with van der Waals surface area (Å²) in [6.45, 7) is 1.32. The fourth-order valence-electron chi connectivity index (χ4n) is 1.60. The third-order valence-electron chi connectivity index (χ3n) is 2.97. The first kappa shape index (κ1) is 17.6. The maximum atomic E-state index is 13.3. The zero-order chi connectivity index (χ0) is 16.2. The standard InChI is InChI=1S/C13H16F5NO2/c1-13(20,6-19)4-2-3-5-21-12-10(17)8(15)7(14)9(16)11(12)18/h20H,2-6,19H2,1H3. The second-order valence-corrected chi connectivity index (χ2v) is 4.91. The highest BCUT2D eigenvalue weighted by Crippen LogP contribution is 2.29. The highest BCUT2D eigenvalue weighted by Gasteiger charge is 2.27. The third-order valence-corrected chi connectivity index (χ3v) is 2.97. The number of nitrogens with two attached hydrogens (primary N) is 1. The molecule has 1 aromatic rings. The van der Waals surface area contributed by atoms with Crippen LogP contribution >= 0.6 is 0 Å². The van der Waals surface area contributed by atoms with Crippen LogP contribution < -0.4 is 10.5 Å². The van der Waals surface area contributed by atoms with Crippen LogP contribution in [0.4, 0.5) is 22.0 Å². The average molecular weight is 313 g/mol. The summed E-state index contributed by atoms with van der Waals surface area (Å²) < 4.78 is 69.7. The van der Waals surface area contributed by atoms with Crippen LogP contribution in [0.25, 0.3) is 0 Å². The van der Waals surface area contributed by atoms with Crippen LogP contribution in [0.5, 0.6) is 5.75 Å². The van der Waals surface area contributed by atoms with Crippen molar-refractivity contribution in [2.75, 3.05) is 13.2 Å². The van der Waals surface area contributed by atoms with Gasteiger partial charge in [-0.05, 0) is 26.2 Å². The topological polar surface area (TPSA) is 55.5 Å². The summed E-state index contributed by atoms with van der Waals surface area (Å²) in [7, 11) is 0. The fraction of sp³-hybridized carbons (Fsp3) is 0.538. The van der Waals surface area contributed by atoms with Crippen LogP contribution in [0.1, 0.15) is 26.2 Å². The van der Waals surface area contributed by atoms with Gasteiger partial charge in [-0.15, -0.1) is 0 Å². The van der Waals surface area contributed by atoms with Crippen molar-refractivity contribution >= 4 is 0 Å². The molecule has 0 fully saturated rings. The smallest absolute Gasteiger partial charge is 0.206 e. The van der Waals surface area contributed by atoms with Gasteiger partial charge in [-0.1, -0.05) is 0 Å². The molecule has 0 aliphatic heterocycles. The van der Waals surface area contributed by atoms with E-state index in [2.05, 4.69) is 4.74 Å². The Morgan fingerprint density at radius 2 is 1.43 bits per heavy atom. The summed E-state index contributed by atoms with van der Waals surface area (Å²) in [6, 6.07) is 0. The van der Waals surface area contributed by atoms with E-state index in [4.69, 9.17) is 5.73 Å². The second-order valence-electron chi connectivity index (χ2n) is 4.91. The highest BCUT2D eigenvalue weighted by molar-refractivity contribution is 5.29. The molecule has 3 nitrogen and oxygen atoms in total. The molecule has 120 valence electrons. The van der Waals surface area contributed by atoms with Crippen molar-refractivity contribution in [1.82, 2.24) is 0 Å². The number of ether oxygens (including phenoxy) is 1. The molecular formula is C13H16F5NO2. The molecule has 0 aliphatic rings. The second kappa shape index (κ2) is 7.04. The molecule has 0 amide bonds. The van der Waals surface area contributed by atoms with Crippen molar-refractivity contribution < 1.29 is 31.8 Å². The molecule has 8 heteroatoms. The minimum absolute atomic E-state index is 0.0471. The van der Waals surface area contributed by atoms with Crippen LogP contribution in [-0.4, -0.2) is 23.9 Å². The number of aliphatic hydroxyl groups is 1. The lowest BCUT2D eigenvalue weighted by Crippen LogP contribution is -2.33. The SMILES string of the molecule is CC(O)(CN)CCCCOc1c(F)c(F)c(F)c(F)c1F. The van der Waals surface area contributed by atoms with Crippen LogP contribution in [0.15, 0.2) is 0 Å². The van der Waals surface area contributed by atoms with E-state index in [0.29, 0.717) is 12.8 Å². The molecule has 0 radical (unpaired) electrons. The summed E-state index contributed by atoms with van der Waals surface area (Å²) >= 11 is 0. The van der Waals surface area contributed by atoms with Gasteiger partial charge in [0.25, 0.3) is 0 Å². The minimum atomic E-state index is -2.23. The molecule has 0 spiro atoms. The Morgan fingerprint density at radius 3 is 1.90 bits per heavy atom. The number of rotatable bonds is 7. The van der Waals surface area contributed by atoms with Crippen molar-refractivity contribution in [3.05, 3.63) is 29.1 Å². The van der Waals surface area contributed by atoms with Gasteiger partial charge >= 0.3 is 0 Å². The van der Waals surface area contributed by atoms with Crippen LogP contribution in [0, 0.1) is 29.1 Å². The van der Waals surface area contributed by atoms with Gasteiger partial charge in [0.2, 0.25) is 29.1 Å². The summed E-state index contributed by atoms with van der Waals surface area (Å²) in [5, 5.41) is 9.60. The largest absolute Gasteiger partial charge is 0.487 e. The van der Waals surface area contributed by atoms with Crippen LogP contribution in [0.2, 0.25) is 0 Å². The predicted molar refractivity (Wildman–Crippen MR) is 65.3 cm³/mol. The minimum Gasteiger partial charge on any atom is -0.487 e. The lowest BCUT2D eigenvalue weighted by Gasteiger charge is -2.20. The van der Waals surface area contributed by atoms with Gasteiger partial charge in [-0.3, -0.25) is 0 Å². The predicted octanol–water partition coefficient (Wildman–Crippen LogP) is 2.64. The lowest BCUT2D eigenvalue weighted by molar-refractivity contribution is 0.0560. The van der Waals surface area contributed by atoms with Crippen molar-refractivity contribution in [3.63, 3.8) is 0 Å². The Labute approximate surface area is 118 Å². The average Bonchev–Trinajstić information content (AvgIpc) is 2.46. The van der Waals surface area contributed by atoms with Gasteiger partial charge < -0.3 is 15.6 Å². The molecule has 3 N–H and O–H groups in total. The van der Waals surface area contributed by atoms with E-state index < -0.39 is 40.4 Å². The van der Waals surface area contributed by atoms with E-state index in [0.717, 1.165) is 0 Å². The van der Waals surface area contributed by atoms with E-state index in [1.165, 1.54) is 6.92 Å². The Bertz CT molecular complexity index is 479. The number of unbranched alkanes of at least 4 members (excludes halogenated alkanes) is 1. The highest BCUT2D eigenvalue weighted by atomic mass is 19.2. The van der Waals surface area contributed by atoms with Gasteiger partial charge in [0, 0.05) is 6.54 Å². The Kier molecular flexibility index (Phi) is 5.91. The lowest BCUT2D eigenvalue weighted by atomic mass is 10.00. The van der Waals surface area contributed by atoms with E-state index in [-0.39, 0.29) is 19.6 Å². The fourth-order valence-corrected chi connectivity index (χ4v) is 1.60. The number of hydrogen-bond donors (Lipinski definition) is 2. The molecule has 0 aromatic heterocycles. The first-order chi connectivity index (χ1) is 9.71. The summed E-state index contributed by atoms with van der Waals surface area (Å²) in [4.78, 5) is 0. The van der Waals surface area contributed by atoms with Crippen molar-refractivity contribution in [2.45, 2.75) is 31.8 Å². The Balaban J connectivity index is 2.61. The van der Waals surface area contributed by atoms with E-state index >= 15 is 0 Å². The first-order valence-corrected chi connectivity index (χ1v) is 6.28. The quantitative estimate of drug-likeness (QED) is 0.352. The van der Waals surface area contributed by atoms with Crippen LogP contribution in [-0.2, 0) is 0 Å². The van der Waals surface area contributed by atoms with Gasteiger partial charge in [0.05, 0.1) is 12.2 Å². The molecular weight excluding hydrogens is 297 g/mol. The Morgan fingerprint density at radius 1 is 0.952 bits per heavy atom. The molecule has 1 rings (SSSR count). The molecule has 21 heavy (non-hydrogen) atoms. The number of hydrogen-bond acceptors (Lipinski definition) is 3. The molecule has 0 saturated heterocycles. The summed E-state index contributed by atoms with van der Waals surface area (Å²) in [5.41, 5.74) is 4.24. The molecule has 0 heterocycles. The van der Waals surface area contributed by atoms with Gasteiger partial charge in [0.1, 0.15) is 0 Å². The molecule has 1 atom stereocenters. The van der Waals surface area contributed by atoms with Crippen molar-refractivity contribution in [3.8, 4) is 5.75 Å². The van der Waals surface area contributed by atoms with E-state index in [9.17, 15) is 27.1 Å². The van der Waals surface area contributed by atoms with E-state index in [1.807, 2.05) is 0 Å². The van der Waals surface area contributed by atoms with E-state index in [1.54, 1.807) is 0 Å². The number of halogens is 5. The monoisotopic (exact) mass is 313 g/mol. The van der Waals surface area contributed by atoms with Gasteiger partial charge in [0.15, 0.2) is 5.75 Å². The van der Waals surface area contributed by atoms with Crippen LogP contribution in [0.3, 0.4) is 0 Å². The third kappa shape index (κ3) is 4.28. The zero-order valence-electron chi connectivity index (χ0n) is 11.4. The number of benzene rings is 1. The molecule has 0 aliphatic carbocycles. The molecule has 1 unspecified atom stereocenters. The Hall–Kier alpha value is -1.41. The van der Waals surface area contributed by atoms with Gasteiger partial charge in [-0.2, -0.15) is 8.78 Å². The van der Waals surface area contributed by atoms with Crippen molar-refractivity contribution in [1.29, 1.82) is 0 Å². The first-order valence-electron chi connectivity index (χ1n) is 6.28. The zero-order valence-corrected chi connectivity index (χ0v) is 11.4. The maximum absolute atomic E-state index is 13.3.